The molecule has 0 saturated carbocycles. The summed E-state index contributed by atoms with van der Waals surface area (Å²) in [7, 11) is 0. The van der Waals surface area contributed by atoms with Crippen LogP contribution in [0.3, 0.4) is 0 Å². The van der Waals surface area contributed by atoms with Gasteiger partial charge in [0.15, 0.2) is 0 Å². The first-order valence-corrected chi connectivity index (χ1v) is 8.24. The van der Waals surface area contributed by atoms with Gasteiger partial charge in [-0.3, -0.25) is 10.8 Å². The van der Waals surface area contributed by atoms with Crippen molar-refractivity contribution in [1.82, 2.24) is 10.4 Å². The van der Waals surface area contributed by atoms with Crippen molar-refractivity contribution in [2.45, 2.75) is 19.4 Å². The lowest BCUT2D eigenvalue weighted by molar-refractivity contribution is 0.311. The van der Waals surface area contributed by atoms with Gasteiger partial charge in [0.05, 0.1) is 18.3 Å². The van der Waals surface area contributed by atoms with E-state index in [-0.39, 0.29) is 6.04 Å². The van der Waals surface area contributed by atoms with Gasteiger partial charge in [-0.2, -0.15) is 0 Å². The molecule has 0 bridgehead atoms. The maximum atomic E-state index is 5.81. The van der Waals surface area contributed by atoms with Gasteiger partial charge < -0.3 is 4.74 Å². The molecule has 0 amide bonds. The van der Waals surface area contributed by atoms with Crippen molar-refractivity contribution >= 4 is 31.9 Å². The molecule has 0 spiro atoms. The fourth-order valence-electron chi connectivity index (χ4n) is 2.02. The molecule has 6 heteroatoms. The number of halogens is 2. The third kappa shape index (κ3) is 4.03. The van der Waals surface area contributed by atoms with E-state index in [1.807, 2.05) is 30.3 Å². The maximum Gasteiger partial charge on any atom is 0.124 e. The molecule has 1 aromatic heterocycles. The highest BCUT2D eigenvalue weighted by Crippen LogP contribution is 2.33. The average molecular weight is 415 g/mol. The van der Waals surface area contributed by atoms with E-state index in [2.05, 4.69) is 49.2 Å². The standard InChI is InChI=1S/C15H17Br2N3O/c1-2-7-21-13-6-4-3-5-11(13)14(20-18)15-12(17)8-10(16)9-19-15/h3-6,8-9,14,20H,2,7,18H2,1H3. The van der Waals surface area contributed by atoms with Crippen LogP contribution < -0.4 is 16.0 Å². The third-order valence-electron chi connectivity index (χ3n) is 2.97. The first-order valence-electron chi connectivity index (χ1n) is 6.66. The monoisotopic (exact) mass is 413 g/mol. The summed E-state index contributed by atoms with van der Waals surface area (Å²) in [5.41, 5.74) is 4.60. The first kappa shape index (κ1) is 16.4. The molecule has 1 atom stereocenters. The van der Waals surface area contributed by atoms with E-state index in [4.69, 9.17) is 10.6 Å². The van der Waals surface area contributed by atoms with Gasteiger partial charge in [-0.1, -0.05) is 25.1 Å². The van der Waals surface area contributed by atoms with Crippen molar-refractivity contribution in [3.8, 4) is 5.75 Å². The molecule has 0 aliphatic rings. The van der Waals surface area contributed by atoms with Gasteiger partial charge in [0.2, 0.25) is 0 Å². The zero-order valence-electron chi connectivity index (χ0n) is 11.6. The number of nitrogens with one attached hydrogen (secondary N) is 1. The van der Waals surface area contributed by atoms with Crippen LogP contribution in [0.5, 0.6) is 5.75 Å². The topological polar surface area (TPSA) is 60.2 Å². The van der Waals surface area contributed by atoms with E-state index in [1.165, 1.54) is 0 Å². The molecular formula is C15H17Br2N3O. The second-order valence-electron chi connectivity index (χ2n) is 4.51. The van der Waals surface area contributed by atoms with Crippen LogP contribution in [-0.4, -0.2) is 11.6 Å². The molecule has 112 valence electrons. The zero-order valence-corrected chi connectivity index (χ0v) is 14.8. The van der Waals surface area contributed by atoms with Crippen LogP contribution in [0.1, 0.15) is 30.6 Å². The van der Waals surface area contributed by atoms with Crippen molar-refractivity contribution in [2.75, 3.05) is 6.61 Å². The molecule has 0 fully saturated rings. The lowest BCUT2D eigenvalue weighted by Crippen LogP contribution is -2.30. The summed E-state index contributed by atoms with van der Waals surface area (Å²) in [4.78, 5) is 4.45. The number of rotatable bonds is 6. The Morgan fingerprint density at radius 3 is 2.76 bits per heavy atom. The molecule has 0 saturated heterocycles. The van der Waals surface area contributed by atoms with Gasteiger partial charge in [-0.25, -0.2) is 5.43 Å². The minimum atomic E-state index is -0.250. The molecular weight excluding hydrogens is 398 g/mol. The number of aromatic nitrogens is 1. The molecule has 1 heterocycles. The minimum absolute atomic E-state index is 0.250. The lowest BCUT2D eigenvalue weighted by Gasteiger charge is -2.20. The fraction of sp³-hybridized carbons (Fsp3) is 0.267. The van der Waals surface area contributed by atoms with E-state index in [1.54, 1.807) is 6.20 Å². The summed E-state index contributed by atoms with van der Waals surface area (Å²) in [6.45, 7) is 2.75. The number of hydrogen-bond acceptors (Lipinski definition) is 4. The number of nitrogens with zero attached hydrogens (tertiary/aromatic N) is 1. The van der Waals surface area contributed by atoms with Crippen molar-refractivity contribution in [3.05, 3.63) is 56.7 Å². The highest BCUT2D eigenvalue weighted by molar-refractivity contribution is 9.11. The number of pyridine rings is 1. The molecule has 0 aliphatic carbocycles. The summed E-state index contributed by atoms with van der Waals surface area (Å²) >= 11 is 6.94. The van der Waals surface area contributed by atoms with Gasteiger partial charge in [0.25, 0.3) is 0 Å². The Bertz CT molecular complexity index is 607. The summed E-state index contributed by atoms with van der Waals surface area (Å²) < 4.78 is 7.59. The molecule has 3 N–H and O–H groups in total. The normalized spacial score (nSPS) is 12.2. The fourth-order valence-corrected chi connectivity index (χ4v) is 3.23. The second kappa shape index (κ2) is 7.89. The van der Waals surface area contributed by atoms with E-state index >= 15 is 0 Å². The quantitative estimate of drug-likeness (QED) is 0.555. The van der Waals surface area contributed by atoms with Crippen LogP contribution in [0, 0.1) is 0 Å². The first-order chi connectivity index (χ1) is 10.2. The number of hydrogen-bond donors (Lipinski definition) is 2. The highest BCUT2D eigenvalue weighted by Gasteiger charge is 2.20. The molecule has 0 aliphatic heterocycles. The summed E-state index contributed by atoms with van der Waals surface area (Å²) in [5, 5.41) is 0. The maximum absolute atomic E-state index is 5.81. The molecule has 1 aromatic carbocycles. The Kier molecular flexibility index (Phi) is 6.17. The van der Waals surface area contributed by atoms with Crippen molar-refractivity contribution < 1.29 is 4.74 Å². The Labute approximate surface area is 141 Å². The van der Waals surface area contributed by atoms with Gasteiger partial charge in [-0.15, -0.1) is 0 Å². The number of ether oxygens (including phenoxy) is 1. The molecule has 4 nitrogen and oxygen atoms in total. The predicted molar refractivity (Wildman–Crippen MR) is 91.0 cm³/mol. The zero-order chi connectivity index (χ0) is 15.2. The van der Waals surface area contributed by atoms with Crippen LogP contribution in [-0.2, 0) is 0 Å². The average Bonchev–Trinajstić information content (AvgIpc) is 2.49. The SMILES string of the molecule is CCCOc1ccccc1C(NN)c1ncc(Br)cc1Br. The minimum Gasteiger partial charge on any atom is -0.493 e. The lowest BCUT2D eigenvalue weighted by atomic mass is 10.0. The van der Waals surface area contributed by atoms with Crippen LogP contribution in [0.2, 0.25) is 0 Å². The van der Waals surface area contributed by atoms with Crippen molar-refractivity contribution in [1.29, 1.82) is 0 Å². The number of benzene rings is 1. The van der Waals surface area contributed by atoms with E-state index < -0.39 is 0 Å². The summed E-state index contributed by atoms with van der Waals surface area (Å²) in [5.74, 6) is 6.58. The molecule has 21 heavy (non-hydrogen) atoms. The highest BCUT2D eigenvalue weighted by atomic mass is 79.9. The number of nitrogens with two attached hydrogens (primary N) is 1. The van der Waals surface area contributed by atoms with E-state index in [0.29, 0.717) is 6.61 Å². The predicted octanol–water partition coefficient (Wildman–Crippen LogP) is 3.95. The van der Waals surface area contributed by atoms with Gasteiger partial charge in [-0.05, 0) is 50.4 Å². The number of para-hydroxylation sites is 1. The Balaban J connectivity index is 2.41. The largest absolute Gasteiger partial charge is 0.493 e. The smallest absolute Gasteiger partial charge is 0.124 e. The molecule has 2 aromatic rings. The Hall–Kier alpha value is -0.950. The van der Waals surface area contributed by atoms with E-state index in [0.717, 1.165) is 32.4 Å². The summed E-state index contributed by atoms with van der Waals surface area (Å²) in [6, 6.07) is 9.55. The van der Waals surface area contributed by atoms with Crippen molar-refractivity contribution in [3.63, 3.8) is 0 Å². The van der Waals surface area contributed by atoms with Crippen LogP contribution >= 0.6 is 31.9 Å². The Morgan fingerprint density at radius 2 is 2.10 bits per heavy atom. The van der Waals surface area contributed by atoms with Gasteiger partial charge in [0.1, 0.15) is 5.75 Å². The number of hydrazine groups is 1. The summed E-state index contributed by atoms with van der Waals surface area (Å²) in [6.07, 6.45) is 2.70. The Morgan fingerprint density at radius 1 is 1.33 bits per heavy atom. The third-order valence-corrected chi connectivity index (χ3v) is 4.04. The molecule has 1 unspecified atom stereocenters. The second-order valence-corrected chi connectivity index (χ2v) is 6.28. The van der Waals surface area contributed by atoms with Crippen LogP contribution in [0.25, 0.3) is 0 Å². The van der Waals surface area contributed by atoms with E-state index in [9.17, 15) is 0 Å². The van der Waals surface area contributed by atoms with Gasteiger partial charge in [0, 0.05) is 20.7 Å². The van der Waals surface area contributed by atoms with Crippen LogP contribution in [0.4, 0.5) is 0 Å². The molecule has 0 radical (unpaired) electrons. The van der Waals surface area contributed by atoms with Gasteiger partial charge >= 0.3 is 0 Å². The molecule has 2 rings (SSSR count). The van der Waals surface area contributed by atoms with Crippen molar-refractivity contribution in [2.24, 2.45) is 5.84 Å². The van der Waals surface area contributed by atoms with Crippen LogP contribution in [0.15, 0.2) is 45.5 Å².